The lowest BCUT2D eigenvalue weighted by Crippen LogP contribution is -1.93. The molecule has 0 aliphatic carbocycles. The van der Waals surface area contributed by atoms with Crippen molar-refractivity contribution in [2.45, 2.75) is 6.92 Å². The highest BCUT2D eigenvalue weighted by atomic mass is 79.9. The maximum absolute atomic E-state index is 10.9. The second-order valence-electron chi connectivity index (χ2n) is 5.32. The number of aromatic amines is 1. The van der Waals surface area contributed by atoms with Crippen LogP contribution in [0.5, 0.6) is 11.5 Å². The van der Waals surface area contributed by atoms with E-state index < -0.39 is 4.92 Å². The molecule has 0 aliphatic rings. The minimum absolute atomic E-state index is 0.0103. The van der Waals surface area contributed by atoms with Gasteiger partial charge in [0.05, 0.1) is 32.1 Å². The average Bonchev–Trinajstić information content (AvgIpc) is 3.02. The average molecular weight is 439 g/mol. The van der Waals surface area contributed by atoms with E-state index in [1.54, 1.807) is 24.3 Å². The number of hydrogen-bond acceptors (Lipinski definition) is 5. The topological polar surface area (TPSA) is 101 Å². The van der Waals surface area contributed by atoms with E-state index in [1.165, 1.54) is 12.1 Å². The Hall–Kier alpha value is -2.58. The zero-order valence-corrected chi connectivity index (χ0v) is 15.8. The van der Waals surface area contributed by atoms with Gasteiger partial charge in [-0.05, 0) is 52.7 Å². The third kappa shape index (κ3) is 3.66. The summed E-state index contributed by atoms with van der Waals surface area (Å²) in [7, 11) is 0. The van der Waals surface area contributed by atoms with Crippen LogP contribution in [-0.2, 0) is 0 Å². The largest absolute Gasteiger partial charge is 0.503 e. The second-order valence-corrected chi connectivity index (χ2v) is 6.58. The summed E-state index contributed by atoms with van der Waals surface area (Å²) < 4.78 is 5.86. The number of nitrogens with zero attached hydrogens (tertiary/aromatic N) is 2. The van der Waals surface area contributed by atoms with E-state index in [2.05, 4.69) is 25.9 Å². The Morgan fingerprint density at radius 1 is 1.46 bits per heavy atom. The highest BCUT2D eigenvalue weighted by Gasteiger charge is 2.13. The van der Waals surface area contributed by atoms with E-state index in [4.69, 9.17) is 16.3 Å². The van der Waals surface area contributed by atoms with Crippen LogP contribution in [0.3, 0.4) is 0 Å². The number of aromatic nitrogens is 2. The summed E-state index contributed by atoms with van der Waals surface area (Å²) in [6.45, 7) is 2.22. The molecule has 3 aromatic rings. The summed E-state index contributed by atoms with van der Waals surface area (Å²) in [4.78, 5) is 17.7. The molecule has 134 valence electrons. The fraction of sp³-hybridized carbons (Fsp3) is 0.118. The van der Waals surface area contributed by atoms with Gasteiger partial charge in [-0.25, -0.2) is 4.98 Å². The molecule has 26 heavy (non-hydrogen) atoms. The lowest BCUT2D eigenvalue weighted by Gasteiger charge is -2.08. The van der Waals surface area contributed by atoms with Gasteiger partial charge in [-0.1, -0.05) is 11.6 Å². The van der Waals surface area contributed by atoms with Gasteiger partial charge in [-0.2, -0.15) is 0 Å². The van der Waals surface area contributed by atoms with Crippen molar-refractivity contribution in [1.82, 2.24) is 9.97 Å². The van der Waals surface area contributed by atoms with Crippen LogP contribution in [-0.4, -0.2) is 26.6 Å². The van der Waals surface area contributed by atoms with Gasteiger partial charge in [0.2, 0.25) is 0 Å². The third-order valence-corrected chi connectivity index (χ3v) is 4.44. The Morgan fingerprint density at radius 2 is 2.23 bits per heavy atom. The molecule has 2 N–H and O–H groups in total. The molecule has 0 aliphatic heterocycles. The van der Waals surface area contributed by atoms with E-state index >= 15 is 0 Å². The number of non-ortho nitro benzene ring substituents is 1. The highest BCUT2D eigenvalue weighted by molar-refractivity contribution is 9.10. The molecule has 1 aromatic heterocycles. The maximum Gasteiger partial charge on any atom is 0.271 e. The van der Waals surface area contributed by atoms with Gasteiger partial charge in [0, 0.05) is 12.1 Å². The summed E-state index contributed by atoms with van der Waals surface area (Å²) >= 11 is 9.62. The van der Waals surface area contributed by atoms with Gasteiger partial charge < -0.3 is 14.8 Å². The molecule has 0 saturated heterocycles. The number of aromatic hydroxyl groups is 1. The molecule has 0 amide bonds. The number of fused-ring (bicyclic) bond motifs is 1. The molecule has 0 spiro atoms. The molecule has 0 atom stereocenters. The van der Waals surface area contributed by atoms with Crippen molar-refractivity contribution in [2.75, 3.05) is 6.61 Å². The summed E-state index contributed by atoms with van der Waals surface area (Å²) in [5.41, 5.74) is 1.74. The maximum atomic E-state index is 10.9. The van der Waals surface area contributed by atoms with Crippen LogP contribution >= 0.6 is 27.5 Å². The molecule has 1 heterocycles. The van der Waals surface area contributed by atoms with Crippen LogP contribution < -0.4 is 4.74 Å². The number of hydrogen-bond donors (Lipinski definition) is 2. The predicted molar refractivity (Wildman–Crippen MR) is 103 cm³/mol. The van der Waals surface area contributed by atoms with Crippen molar-refractivity contribution < 1.29 is 14.8 Å². The first-order chi connectivity index (χ1) is 12.4. The number of ether oxygens (including phenoxy) is 1. The van der Waals surface area contributed by atoms with E-state index in [-0.39, 0.29) is 11.4 Å². The Morgan fingerprint density at radius 3 is 2.92 bits per heavy atom. The fourth-order valence-corrected chi connectivity index (χ4v) is 3.06. The normalized spacial score (nSPS) is 11.7. The van der Waals surface area contributed by atoms with E-state index in [1.807, 2.05) is 6.92 Å². The number of nitrogens with one attached hydrogen (secondary N) is 1. The molecule has 0 radical (unpaired) electrons. The van der Waals surface area contributed by atoms with Crippen molar-refractivity contribution >= 4 is 55.4 Å². The van der Waals surface area contributed by atoms with Gasteiger partial charge in [0.15, 0.2) is 11.5 Å². The number of phenols is 1. The number of benzene rings is 2. The first kappa shape index (κ1) is 18.2. The molecule has 0 saturated carbocycles. The van der Waals surface area contributed by atoms with Crippen LogP contribution in [0.15, 0.2) is 34.8 Å². The van der Waals surface area contributed by atoms with E-state index in [0.29, 0.717) is 44.3 Å². The Labute approximate surface area is 161 Å². The molecular weight excluding hydrogens is 426 g/mol. The quantitative estimate of drug-likeness (QED) is 0.427. The monoisotopic (exact) mass is 437 g/mol. The van der Waals surface area contributed by atoms with Gasteiger partial charge in [0.1, 0.15) is 5.82 Å². The number of nitro groups is 1. The van der Waals surface area contributed by atoms with Crippen molar-refractivity contribution in [3.05, 3.63) is 56.3 Å². The summed E-state index contributed by atoms with van der Waals surface area (Å²) in [6.07, 6.45) is 1.65. The minimum Gasteiger partial charge on any atom is -0.503 e. The van der Waals surface area contributed by atoms with Crippen molar-refractivity contribution in [1.29, 1.82) is 0 Å². The first-order valence-corrected chi connectivity index (χ1v) is 8.73. The van der Waals surface area contributed by atoms with Crippen LogP contribution in [0.2, 0.25) is 0 Å². The zero-order chi connectivity index (χ0) is 18.8. The van der Waals surface area contributed by atoms with Gasteiger partial charge in [-0.3, -0.25) is 10.1 Å². The Balaban J connectivity index is 1.99. The first-order valence-electron chi connectivity index (χ1n) is 7.56. The molecule has 0 unspecified atom stereocenters. The minimum atomic E-state index is -0.472. The molecule has 0 bridgehead atoms. The summed E-state index contributed by atoms with van der Waals surface area (Å²) in [5, 5.41) is 21.1. The lowest BCUT2D eigenvalue weighted by molar-refractivity contribution is -0.384. The Kier molecular flexibility index (Phi) is 5.15. The number of rotatable bonds is 5. The zero-order valence-electron chi connectivity index (χ0n) is 13.5. The van der Waals surface area contributed by atoms with Crippen LogP contribution in [0.1, 0.15) is 18.3 Å². The SMILES string of the molecule is CCOc1cc(/C=C(/Cl)c2nc3ccc([N+](=O)[O-])cc3[nH]2)cc(Br)c1O. The molecule has 2 aromatic carbocycles. The predicted octanol–water partition coefficient (Wildman–Crippen LogP) is 5.07. The summed E-state index contributed by atoms with van der Waals surface area (Å²) in [6, 6.07) is 7.69. The molecule has 3 rings (SSSR count). The van der Waals surface area contributed by atoms with Crippen LogP contribution in [0.25, 0.3) is 22.1 Å². The summed E-state index contributed by atoms with van der Waals surface area (Å²) in [5.74, 6) is 0.721. The standard InChI is InChI=1S/C17H13BrClN3O4/c1-2-26-15-7-9(5-11(18)16(15)23)6-12(19)17-20-13-4-3-10(22(24)25)8-14(13)21-17/h3-8,23H,2H2,1H3,(H,20,21)/b12-6+. The molecular formula is C17H13BrClN3O4. The number of H-pyrrole nitrogens is 1. The van der Waals surface area contributed by atoms with Crippen molar-refractivity contribution in [3.63, 3.8) is 0 Å². The van der Waals surface area contributed by atoms with E-state index in [9.17, 15) is 15.2 Å². The number of imidazole rings is 1. The van der Waals surface area contributed by atoms with Crippen LogP contribution in [0.4, 0.5) is 5.69 Å². The lowest BCUT2D eigenvalue weighted by atomic mass is 10.2. The van der Waals surface area contributed by atoms with Gasteiger partial charge in [-0.15, -0.1) is 0 Å². The molecule has 9 heteroatoms. The number of phenolic OH excluding ortho intramolecular Hbond substituents is 1. The Bertz CT molecular complexity index is 1030. The molecule has 0 fully saturated rings. The second kappa shape index (κ2) is 7.35. The smallest absolute Gasteiger partial charge is 0.271 e. The number of nitro benzene ring substituents is 1. The third-order valence-electron chi connectivity index (χ3n) is 3.55. The van der Waals surface area contributed by atoms with Gasteiger partial charge in [0.25, 0.3) is 5.69 Å². The fourth-order valence-electron chi connectivity index (χ4n) is 2.38. The highest BCUT2D eigenvalue weighted by Crippen LogP contribution is 2.37. The van der Waals surface area contributed by atoms with Crippen molar-refractivity contribution in [2.24, 2.45) is 0 Å². The van der Waals surface area contributed by atoms with Crippen molar-refractivity contribution in [3.8, 4) is 11.5 Å². The van der Waals surface area contributed by atoms with E-state index in [0.717, 1.165) is 0 Å². The van der Waals surface area contributed by atoms with Crippen LogP contribution in [0, 0.1) is 10.1 Å². The number of halogens is 2. The van der Waals surface area contributed by atoms with Gasteiger partial charge >= 0.3 is 0 Å². The molecule has 7 nitrogen and oxygen atoms in total.